The Morgan fingerprint density at radius 2 is 2.14 bits per heavy atom. The minimum Gasteiger partial charge on any atom is -0.378 e. The second kappa shape index (κ2) is 6.54. The molecule has 0 saturated carbocycles. The summed E-state index contributed by atoms with van der Waals surface area (Å²) in [6.45, 7) is 7.45. The standard InChI is InChI=1S/C16H23FN2O2/c1-10(2)19-8-14(15(9-19)21-4)18-16(20)12-6-5-11(3)13(17)7-12/h5-7,10,14-15H,8-9H2,1-4H3,(H,18,20)/t14-,15-/m1/s1. The Bertz CT molecular complexity index is 519. The van der Waals surface area contributed by atoms with Gasteiger partial charge in [-0.15, -0.1) is 0 Å². The molecule has 21 heavy (non-hydrogen) atoms. The number of nitrogens with zero attached hydrogens (tertiary/aromatic N) is 1. The molecule has 1 amide bonds. The molecule has 1 aromatic rings. The number of ether oxygens (including phenoxy) is 1. The lowest BCUT2D eigenvalue weighted by Gasteiger charge is -2.20. The van der Waals surface area contributed by atoms with Crippen molar-refractivity contribution in [2.24, 2.45) is 0 Å². The fraction of sp³-hybridized carbons (Fsp3) is 0.562. The summed E-state index contributed by atoms with van der Waals surface area (Å²) in [5.41, 5.74) is 0.879. The number of carbonyl (C=O) groups excluding carboxylic acids is 1. The van der Waals surface area contributed by atoms with E-state index in [0.29, 0.717) is 17.2 Å². The van der Waals surface area contributed by atoms with Crippen LogP contribution in [-0.4, -0.2) is 49.2 Å². The average molecular weight is 294 g/mol. The summed E-state index contributed by atoms with van der Waals surface area (Å²) in [6.07, 6.45) is -0.0355. The largest absolute Gasteiger partial charge is 0.378 e. The summed E-state index contributed by atoms with van der Waals surface area (Å²) in [7, 11) is 1.65. The lowest BCUT2D eigenvalue weighted by atomic mass is 10.1. The smallest absolute Gasteiger partial charge is 0.251 e. The predicted octanol–water partition coefficient (Wildman–Crippen LogP) is 1.97. The maximum Gasteiger partial charge on any atom is 0.251 e. The van der Waals surface area contributed by atoms with Gasteiger partial charge >= 0.3 is 0 Å². The van der Waals surface area contributed by atoms with E-state index in [2.05, 4.69) is 24.1 Å². The van der Waals surface area contributed by atoms with Gasteiger partial charge in [-0.25, -0.2) is 4.39 Å². The minimum absolute atomic E-state index is 0.0355. The molecule has 1 heterocycles. The molecule has 1 saturated heterocycles. The molecule has 0 aromatic heterocycles. The van der Waals surface area contributed by atoms with Crippen LogP contribution in [0.4, 0.5) is 4.39 Å². The molecule has 1 aromatic carbocycles. The Balaban J connectivity index is 2.06. The molecule has 1 aliphatic rings. The zero-order chi connectivity index (χ0) is 15.6. The Hall–Kier alpha value is -1.46. The van der Waals surface area contributed by atoms with E-state index in [0.717, 1.165) is 13.1 Å². The van der Waals surface area contributed by atoms with Crippen molar-refractivity contribution in [2.75, 3.05) is 20.2 Å². The number of methoxy groups -OCH3 is 1. The van der Waals surface area contributed by atoms with E-state index >= 15 is 0 Å². The molecule has 0 radical (unpaired) electrons. The van der Waals surface area contributed by atoms with Gasteiger partial charge in [0.2, 0.25) is 0 Å². The number of hydrogen-bond donors (Lipinski definition) is 1. The van der Waals surface area contributed by atoms with Crippen molar-refractivity contribution in [1.29, 1.82) is 0 Å². The monoisotopic (exact) mass is 294 g/mol. The van der Waals surface area contributed by atoms with Crippen LogP contribution >= 0.6 is 0 Å². The summed E-state index contributed by atoms with van der Waals surface area (Å²) in [5.74, 6) is -0.618. The number of benzene rings is 1. The number of nitrogens with one attached hydrogen (secondary N) is 1. The molecule has 2 rings (SSSR count). The Morgan fingerprint density at radius 3 is 2.71 bits per heavy atom. The fourth-order valence-corrected chi connectivity index (χ4v) is 2.59. The summed E-state index contributed by atoms with van der Waals surface area (Å²) >= 11 is 0. The van der Waals surface area contributed by atoms with Crippen molar-refractivity contribution in [3.8, 4) is 0 Å². The Labute approximate surface area is 125 Å². The number of rotatable bonds is 4. The SMILES string of the molecule is CO[C@@H]1CN(C(C)C)C[C@H]1NC(=O)c1ccc(C)c(F)c1. The third-order valence-electron chi connectivity index (χ3n) is 4.08. The number of halogens is 1. The quantitative estimate of drug-likeness (QED) is 0.923. The number of amides is 1. The van der Waals surface area contributed by atoms with Crippen LogP contribution in [0, 0.1) is 12.7 Å². The highest BCUT2D eigenvalue weighted by Crippen LogP contribution is 2.17. The molecule has 0 bridgehead atoms. The number of hydrogen-bond acceptors (Lipinski definition) is 3. The topological polar surface area (TPSA) is 41.6 Å². The third kappa shape index (κ3) is 3.60. The molecule has 4 nitrogen and oxygen atoms in total. The Morgan fingerprint density at radius 1 is 1.43 bits per heavy atom. The van der Waals surface area contributed by atoms with Crippen LogP contribution < -0.4 is 5.32 Å². The second-order valence-electron chi connectivity index (χ2n) is 5.87. The van der Waals surface area contributed by atoms with Gasteiger partial charge < -0.3 is 10.1 Å². The van der Waals surface area contributed by atoms with Gasteiger partial charge in [-0.1, -0.05) is 6.07 Å². The van der Waals surface area contributed by atoms with E-state index < -0.39 is 0 Å². The maximum absolute atomic E-state index is 13.6. The van der Waals surface area contributed by atoms with Crippen molar-refractivity contribution in [1.82, 2.24) is 10.2 Å². The molecular weight excluding hydrogens is 271 g/mol. The average Bonchev–Trinajstić information content (AvgIpc) is 2.85. The van der Waals surface area contributed by atoms with Gasteiger partial charge in [0.05, 0.1) is 12.1 Å². The van der Waals surface area contributed by atoms with Crippen molar-refractivity contribution in [3.63, 3.8) is 0 Å². The fourth-order valence-electron chi connectivity index (χ4n) is 2.59. The van der Waals surface area contributed by atoms with Gasteiger partial charge in [0.1, 0.15) is 5.82 Å². The van der Waals surface area contributed by atoms with Crippen LogP contribution in [0.3, 0.4) is 0 Å². The molecule has 2 atom stereocenters. The summed E-state index contributed by atoms with van der Waals surface area (Å²) in [4.78, 5) is 14.5. The van der Waals surface area contributed by atoms with E-state index in [1.54, 1.807) is 26.2 Å². The Kier molecular flexibility index (Phi) is 4.96. The van der Waals surface area contributed by atoms with Gasteiger partial charge in [0.25, 0.3) is 5.91 Å². The zero-order valence-electron chi connectivity index (χ0n) is 13.0. The second-order valence-corrected chi connectivity index (χ2v) is 5.87. The van der Waals surface area contributed by atoms with Crippen molar-refractivity contribution >= 4 is 5.91 Å². The molecule has 1 N–H and O–H groups in total. The molecule has 0 unspecified atom stereocenters. The molecular formula is C16H23FN2O2. The first-order chi connectivity index (χ1) is 9.92. The van der Waals surface area contributed by atoms with Crippen LogP contribution in [0.1, 0.15) is 29.8 Å². The number of aryl methyl sites for hydroxylation is 1. The molecule has 5 heteroatoms. The lowest BCUT2D eigenvalue weighted by Crippen LogP contribution is -2.43. The normalized spacial score (nSPS) is 22.8. The number of likely N-dealkylation sites (tertiary alicyclic amines) is 1. The molecule has 0 aliphatic carbocycles. The third-order valence-corrected chi connectivity index (χ3v) is 4.08. The van der Waals surface area contributed by atoms with E-state index in [9.17, 15) is 9.18 Å². The highest BCUT2D eigenvalue weighted by molar-refractivity contribution is 5.94. The van der Waals surface area contributed by atoms with Gasteiger partial charge in [-0.2, -0.15) is 0 Å². The molecule has 1 fully saturated rings. The van der Waals surface area contributed by atoms with E-state index in [1.807, 2.05) is 0 Å². The first kappa shape index (κ1) is 15.9. The van der Waals surface area contributed by atoms with Crippen LogP contribution in [-0.2, 0) is 4.74 Å². The molecule has 116 valence electrons. The maximum atomic E-state index is 13.6. The highest BCUT2D eigenvalue weighted by atomic mass is 19.1. The van der Waals surface area contributed by atoms with E-state index in [-0.39, 0.29) is 23.9 Å². The van der Waals surface area contributed by atoms with E-state index in [4.69, 9.17) is 4.74 Å². The highest BCUT2D eigenvalue weighted by Gasteiger charge is 2.35. The van der Waals surface area contributed by atoms with Crippen LogP contribution in [0.25, 0.3) is 0 Å². The van der Waals surface area contributed by atoms with Crippen molar-refractivity contribution < 1.29 is 13.9 Å². The van der Waals surface area contributed by atoms with Gasteiger partial charge in [-0.3, -0.25) is 9.69 Å². The van der Waals surface area contributed by atoms with Crippen LogP contribution in [0.15, 0.2) is 18.2 Å². The predicted molar refractivity (Wildman–Crippen MR) is 79.9 cm³/mol. The minimum atomic E-state index is -0.360. The summed E-state index contributed by atoms with van der Waals surface area (Å²) in [6, 6.07) is 4.87. The van der Waals surface area contributed by atoms with Crippen molar-refractivity contribution in [2.45, 2.75) is 39.0 Å². The lowest BCUT2D eigenvalue weighted by molar-refractivity contribution is 0.0753. The van der Waals surface area contributed by atoms with Crippen LogP contribution in [0.2, 0.25) is 0 Å². The first-order valence-electron chi connectivity index (χ1n) is 7.26. The van der Waals surface area contributed by atoms with E-state index in [1.165, 1.54) is 6.07 Å². The molecule has 1 aliphatic heterocycles. The van der Waals surface area contributed by atoms with Gasteiger partial charge in [0, 0.05) is 31.8 Å². The summed E-state index contributed by atoms with van der Waals surface area (Å²) in [5, 5.41) is 2.96. The zero-order valence-corrected chi connectivity index (χ0v) is 13.0. The first-order valence-corrected chi connectivity index (χ1v) is 7.26. The van der Waals surface area contributed by atoms with Gasteiger partial charge in [0.15, 0.2) is 0 Å². The number of carbonyl (C=O) groups is 1. The van der Waals surface area contributed by atoms with Crippen molar-refractivity contribution in [3.05, 3.63) is 35.1 Å². The molecule has 0 spiro atoms. The van der Waals surface area contributed by atoms with Crippen LogP contribution in [0.5, 0.6) is 0 Å². The van der Waals surface area contributed by atoms with Gasteiger partial charge in [-0.05, 0) is 38.5 Å². The summed E-state index contributed by atoms with van der Waals surface area (Å²) < 4.78 is 19.0.